The molecule has 4 rings (SSSR count). The Hall–Kier alpha value is -3.66. The van der Waals surface area contributed by atoms with Gasteiger partial charge in [-0.1, -0.05) is 42.1 Å². The van der Waals surface area contributed by atoms with Crippen molar-refractivity contribution < 1.29 is 9.15 Å². The van der Waals surface area contributed by atoms with Gasteiger partial charge in [-0.3, -0.25) is 0 Å². The van der Waals surface area contributed by atoms with E-state index in [1.165, 1.54) is 11.8 Å². The van der Waals surface area contributed by atoms with Crippen molar-refractivity contribution >= 4 is 29.3 Å². The minimum atomic E-state index is 0.134. The van der Waals surface area contributed by atoms with E-state index >= 15 is 0 Å². The number of rotatable bonds is 7. The smallest absolute Gasteiger partial charge is 0.277 e. The number of anilines is 3. The first kappa shape index (κ1) is 18.7. The van der Waals surface area contributed by atoms with E-state index in [-0.39, 0.29) is 5.95 Å². The molecule has 0 unspecified atom stereocenters. The van der Waals surface area contributed by atoms with E-state index in [0.29, 0.717) is 34.4 Å². The zero-order chi connectivity index (χ0) is 20.1. The van der Waals surface area contributed by atoms with Crippen molar-refractivity contribution in [3.63, 3.8) is 0 Å². The number of hydrogen-bond acceptors (Lipinski definition) is 10. The predicted molar refractivity (Wildman–Crippen MR) is 110 cm³/mol. The Kier molecular flexibility index (Phi) is 5.52. The summed E-state index contributed by atoms with van der Waals surface area (Å²) in [7, 11) is 1.59. The van der Waals surface area contributed by atoms with Crippen molar-refractivity contribution in [2.24, 2.45) is 0 Å². The van der Waals surface area contributed by atoms with Gasteiger partial charge in [0, 0.05) is 5.69 Å². The fourth-order valence-corrected chi connectivity index (χ4v) is 3.15. The van der Waals surface area contributed by atoms with Crippen LogP contribution in [0.15, 0.2) is 64.2 Å². The van der Waals surface area contributed by atoms with E-state index in [9.17, 15) is 0 Å². The topological polar surface area (TPSA) is 125 Å². The molecule has 0 radical (unpaired) electrons. The molecule has 0 saturated heterocycles. The number of ether oxygens (including phenoxy) is 1. The molecule has 10 heteroatoms. The SMILES string of the molecule is COc1ccccc1-c1nnc(SCc2nc(N)nc(Nc3ccccc3)n2)o1. The average Bonchev–Trinajstić information content (AvgIpc) is 3.21. The Morgan fingerprint density at radius 1 is 1.00 bits per heavy atom. The van der Waals surface area contributed by atoms with Crippen LogP contribution in [0.3, 0.4) is 0 Å². The summed E-state index contributed by atoms with van der Waals surface area (Å²) in [4.78, 5) is 12.7. The minimum absolute atomic E-state index is 0.134. The summed E-state index contributed by atoms with van der Waals surface area (Å²) in [6, 6.07) is 17.0. The maximum absolute atomic E-state index is 5.82. The van der Waals surface area contributed by atoms with Crippen LogP contribution >= 0.6 is 11.8 Å². The van der Waals surface area contributed by atoms with E-state index in [2.05, 4.69) is 30.5 Å². The van der Waals surface area contributed by atoms with E-state index in [1.54, 1.807) is 7.11 Å². The first-order valence-corrected chi connectivity index (χ1v) is 9.62. The van der Waals surface area contributed by atoms with Crippen LogP contribution in [-0.2, 0) is 5.75 Å². The number of methoxy groups -OCH3 is 1. The number of para-hydroxylation sites is 2. The number of nitrogens with zero attached hydrogens (tertiary/aromatic N) is 5. The summed E-state index contributed by atoms with van der Waals surface area (Å²) in [6.45, 7) is 0. The molecule has 4 aromatic rings. The summed E-state index contributed by atoms with van der Waals surface area (Å²) in [5.74, 6) is 2.44. The quantitative estimate of drug-likeness (QED) is 0.439. The first-order valence-electron chi connectivity index (χ1n) is 8.63. The fraction of sp³-hybridized carbons (Fsp3) is 0.105. The van der Waals surface area contributed by atoms with Crippen LogP contribution in [0.4, 0.5) is 17.6 Å². The van der Waals surface area contributed by atoms with Gasteiger partial charge < -0.3 is 20.2 Å². The van der Waals surface area contributed by atoms with Gasteiger partial charge in [0.1, 0.15) is 11.6 Å². The van der Waals surface area contributed by atoms with E-state index in [1.807, 2.05) is 54.6 Å². The van der Waals surface area contributed by atoms with Crippen LogP contribution in [-0.4, -0.2) is 32.3 Å². The molecule has 0 fully saturated rings. The van der Waals surface area contributed by atoms with Crippen LogP contribution in [0.1, 0.15) is 5.82 Å². The van der Waals surface area contributed by atoms with Crippen LogP contribution in [0.5, 0.6) is 5.75 Å². The highest BCUT2D eigenvalue weighted by atomic mass is 32.2. The maximum Gasteiger partial charge on any atom is 0.277 e. The van der Waals surface area contributed by atoms with Gasteiger partial charge in [0.15, 0.2) is 0 Å². The van der Waals surface area contributed by atoms with Crippen molar-refractivity contribution in [3.8, 4) is 17.2 Å². The highest BCUT2D eigenvalue weighted by Gasteiger charge is 2.14. The van der Waals surface area contributed by atoms with Crippen molar-refractivity contribution in [2.45, 2.75) is 11.0 Å². The van der Waals surface area contributed by atoms with Gasteiger partial charge in [0.2, 0.25) is 11.9 Å². The second kappa shape index (κ2) is 8.57. The monoisotopic (exact) mass is 407 g/mol. The molecule has 0 amide bonds. The number of nitrogen functional groups attached to an aromatic ring is 1. The van der Waals surface area contributed by atoms with Crippen molar-refractivity contribution in [1.82, 2.24) is 25.1 Å². The van der Waals surface area contributed by atoms with Crippen molar-refractivity contribution in [1.29, 1.82) is 0 Å². The van der Waals surface area contributed by atoms with Gasteiger partial charge in [-0.2, -0.15) is 15.0 Å². The number of aromatic nitrogens is 5. The lowest BCUT2D eigenvalue weighted by molar-refractivity contribution is 0.411. The third-order valence-corrected chi connectivity index (χ3v) is 4.61. The lowest BCUT2D eigenvalue weighted by Crippen LogP contribution is -2.06. The molecule has 9 nitrogen and oxygen atoms in total. The fourth-order valence-electron chi connectivity index (χ4n) is 2.53. The molecule has 0 atom stereocenters. The molecule has 0 aliphatic rings. The maximum atomic E-state index is 5.82. The lowest BCUT2D eigenvalue weighted by Gasteiger charge is -2.06. The van der Waals surface area contributed by atoms with Gasteiger partial charge in [0.05, 0.1) is 18.4 Å². The summed E-state index contributed by atoms with van der Waals surface area (Å²) in [6.07, 6.45) is 0. The third-order valence-electron chi connectivity index (χ3n) is 3.80. The largest absolute Gasteiger partial charge is 0.496 e. The Morgan fingerprint density at radius 3 is 2.62 bits per heavy atom. The van der Waals surface area contributed by atoms with Crippen molar-refractivity contribution in [2.75, 3.05) is 18.2 Å². The van der Waals surface area contributed by atoms with E-state index in [4.69, 9.17) is 14.9 Å². The Morgan fingerprint density at radius 2 is 1.79 bits per heavy atom. The van der Waals surface area contributed by atoms with Crippen LogP contribution in [0, 0.1) is 0 Å². The van der Waals surface area contributed by atoms with Crippen LogP contribution in [0.25, 0.3) is 11.5 Å². The summed E-state index contributed by atoms with van der Waals surface area (Å²) in [5, 5.41) is 11.7. The molecular weight excluding hydrogens is 390 g/mol. The summed E-state index contributed by atoms with van der Waals surface area (Å²) < 4.78 is 11.1. The minimum Gasteiger partial charge on any atom is -0.496 e. The number of benzene rings is 2. The average molecular weight is 407 g/mol. The van der Waals surface area contributed by atoms with Crippen LogP contribution < -0.4 is 15.8 Å². The van der Waals surface area contributed by atoms with Gasteiger partial charge in [-0.15, -0.1) is 10.2 Å². The third kappa shape index (κ3) is 4.61. The van der Waals surface area contributed by atoms with Gasteiger partial charge in [-0.25, -0.2) is 0 Å². The molecule has 0 bridgehead atoms. The van der Waals surface area contributed by atoms with Gasteiger partial charge >= 0.3 is 0 Å². The standard InChI is InChI=1S/C19H17N7O2S/c1-27-14-10-6-5-9-13(14)16-25-26-19(28-16)29-11-15-22-17(20)24-18(23-15)21-12-7-3-2-4-8-12/h2-10H,11H2,1H3,(H3,20,21,22,23,24). The highest BCUT2D eigenvalue weighted by molar-refractivity contribution is 7.98. The summed E-state index contributed by atoms with van der Waals surface area (Å²) >= 11 is 1.31. The number of thioether (sulfide) groups is 1. The second-order valence-electron chi connectivity index (χ2n) is 5.79. The molecule has 2 aromatic carbocycles. The van der Waals surface area contributed by atoms with Gasteiger partial charge in [-0.05, 0) is 24.3 Å². The normalized spacial score (nSPS) is 10.7. The Bertz CT molecular complexity index is 1100. The molecular formula is C19H17N7O2S. The molecule has 3 N–H and O–H groups in total. The lowest BCUT2D eigenvalue weighted by atomic mass is 10.2. The van der Waals surface area contributed by atoms with E-state index in [0.717, 1.165) is 11.3 Å². The molecule has 146 valence electrons. The first-order chi connectivity index (χ1) is 14.2. The molecule has 2 aromatic heterocycles. The number of nitrogens with two attached hydrogens (primary N) is 1. The molecule has 0 aliphatic heterocycles. The highest BCUT2D eigenvalue weighted by Crippen LogP contribution is 2.31. The zero-order valence-corrected chi connectivity index (χ0v) is 16.3. The zero-order valence-electron chi connectivity index (χ0n) is 15.4. The molecule has 29 heavy (non-hydrogen) atoms. The molecule has 0 spiro atoms. The molecule has 0 saturated carbocycles. The second-order valence-corrected chi connectivity index (χ2v) is 6.71. The molecule has 0 aliphatic carbocycles. The Balaban J connectivity index is 1.46. The molecule has 2 heterocycles. The number of hydrogen-bond donors (Lipinski definition) is 2. The Labute approximate surface area is 170 Å². The summed E-state index contributed by atoms with van der Waals surface area (Å²) in [5.41, 5.74) is 7.40. The van der Waals surface area contributed by atoms with Crippen molar-refractivity contribution in [3.05, 3.63) is 60.4 Å². The van der Waals surface area contributed by atoms with Gasteiger partial charge in [0.25, 0.3) is 11.1 Å². The number of nitrogens with one attached hydrogen (secondary N) is 1. The van der Waals surface area contributed by atoms with E-state index < -0.39 is 0 Å². The predicted octanol–water partition coefficient (Wildman–Crippen LogP) is 3.55. The van der Waals surface area contributed by atoms with Crippen LogP contribution in [0.2, 0.25) is 0 Å².